The number of carbonyl (C=O) groups excluding carboxylic acids is 2. The molecule has 0 N–H and O–H groups in total. The first-order chi connectivity index (χ1) is 13.2. The molecule has 0 aliphatic carbocycles. The van der Waals surface area contributed by atoms with Gasteiger partial charge in [0.15, 0.2) is 0 Å². The maximum absolute atomic E-state index is 13.5. The van der Waals surface area contributed by atoms with E-state index in [2.05, 4.69) is 0 Å². The Balaban J connectivity index is 1.81. The van der Waals surface area contributed by atoms with Crippen LogP contribution in [0.1, 0.15) is 11.6 Å². The van der Waals surface area contributed by atoms with Gasteiger partial charge in [0.25, 0.3) is 5.91 Å². The number of amides is 2. The molecule has 1 atom stereocenters. The number of methoxy groups -OCH3 is 1. The molecule has 0 saturated carbocycles. The number of hydrogen-bond acceptors (Lipinski definition) is 4. The molecule has 0 unspecified atom stereocenters. The van der Waals surface area contributed by atoms with Crippen LogP contribution in [0.2, 0.25) is 0 Å². The molecule has 1 saturated heterocycles. The Morgan fingerprint density at radius 2 is 1.74 bits per heavy atom. The summed E-state index contributed by atoms with van der Waals surface area (Å²) in [6.07, 6.45) is 0. The molecule has 2 amide bonds. The van der Waals surface area contributed by atoms with E-state index in [1.807, 2.05) is 59.3 Å². The van der Waals surface area contributed by atoms with Crippen molar-refractivity contribution in [3.05, 3.63) is 77.0 Å². The third-order valence-corrected chi connectivity index (χ3v) is 5.29. The second-order valence-corrected chi connectivity index (χ2v) is 6.93. The lowest BCUT2D eigenvalue weighted by molar-refractivity contribution is -0.128. The summed E-state index contributed by atoms with van der Waals surface area (Å²) in [5.74, 6) is 0.278. The maximum Gasteiger partial charge on any atom is 0.255 e. The Bertz CT molecular complexity index is 957. The van der Waals surface area contributed by atoms with Gasteiger partial charge in [-0.05, 0) is 46.7 Å². The molecule has 3 aromatic rings. The average Bonchev–Trinajstić information content (AvgIpc) is 3.24. The van der Waals surface area contributed by atoms with Crippen LogP contribution in [0.15, 0.2) is 71.4 Å². The van der Waals surface area contributed by atoms with E-state index in [-0.39, 0.29) is 18.4 Å². The first-order valence-corrected chi connectivity index (χ1v) is 9.48. The van der Waals surface area contributed by atoms with E-state index < -0.39 is 6.04 Å². The first kappa shape index (κ1) is 17.3. The van der Waals surface area contributed by atoms with E-state index in [0.717, 1.165) is 5.56 Å². The number of thiophene rings is 1. The molecule has 1 aliphatic rings. The van der Waals surface area contributed by atoms with Crippen LogP contribution in [0, 0.1) is 0 Å². The van der Waals surface area contributed by atoms with Crippen LogP contribution in [0.5, 0.6) is 5.75 Å². The summed E-state index contributed by atoms with van der Waals surface area (Å²) in [4.78, 5) is 29.7. The van der Waals surface area contributed by atoms with Crippen molar-refractivity contribution >= 4 is 34.5 Å². The summed E-state index contributed by atoms with van der Waals surface area (Å²) in [6.45, 7) is -0.0330. The van der Waals surface area contributed by atoms with Crippen molar-refractivity contribution in [2.45, 2.75) is 6.04 Å². The van der Waals surface area contributed by atoms with Crippen LogP contribution in [0.4, 0.5) is 11.4 Å². The van der Waals surface area contributed by atoms with Crippen molar-refractivity contribution in [3.8, 4) is 5.75 Å². The van der Waals surface area contributed by atoms with E-state index in [0.29, 0.717) is 17.1 Å². The molecule has 2 heterocycles. The predicted molar refractivity (Wildman–Crippen MR) is 106 cm³/mol. The lowest BCUT2D eigenvalue weighted by Gasteiger charge is -2.40. The van der Waals surface area contributed by atoms with Gasteiger partial charge < -0.3 is 4.74 Å². The first-order valence-electron chi connectivity index (χ1n) is 8.54. The van der Waals surface area contributed by atoms with Crippen LogP contribution in [0.25, 0.3) is 0 Å². The summed E-state index contributed by atoms with van der Waals surface area (Å²) in [7, 11) is 1.56. The molecule has 0 spiro atoms. The van der Waals surface area contributed by atoms with Crippen molar-refractivity contribution < 1.29 is 14.3 Å². The van der Waals surface area contributed by atoms with Gasteiger partial charge in [-0.3, -0.25) is 19.4 Å². The number of carbonyl (C=O) groups is 2. The zero-order valence-electron chi connectivity index (χ0n) is 14.7. The van der Waals surface area contributed by atoms with Crippen LogP contribution in [0.3, 0.4) is 0 Å². The number of hydrogen-bond donors (Lipinski definition) is 0. The van der Waals surface area contributed by atoms with E-state index >= 15 is 0 Å². The zero-order valence-corrected chi connectivity index (χ0v) is 15.6. The third kappa shape index (κ3) is 3.08. The van der Waals surface area contributed by atoms with Crippen LogP contribution in [-0.4, -0.2) is 25.5 Å². The van der Waals surface area contributed by atoms with Crippen LogP contribution in [-0.2, 0) is 9.59 Å². The smallest absolute Gasteiger partial charge is 0.255 e. The molecule has 1 aromatic heterocycles. The average molecular weight is 378 g/mol. The molecule has 4 rings (SSSR count). The number of nitrogens with zero attached hydrogens (tertiary/aromatic N) is 2. The monoisotopic (exact) mass is 378 g/mol. The molecular weight excluding hydrogens is 360 g/mol. The topological polar surface area (TPSA) is 49.9 Å². The molecule has 5 nitrogen and oxygen atoms in total. The molecule has 6 heteroatoms. The minimum absolute atomic E-state index is 0.0330. The van der Waals surface area contributed by atoms with E-state index in [9.17, 15) is 9.59 Å². The van der Waals surface area contributed by atoms with E-state index in [1.54, 1.807) is 24.1 Å². The Labute approximate surface area is 161 Å². The van der Waals surface area contributed by atoms with Gasteiger partial charge in [0.1, 0.15) is 18.3 Å². The van der Waals surface area contributed by atoms with Crippen molar-refractivity contribution in [1.82, 2.24) is 0 Å². The van der Waals surface area contributed by atoms with Gasteiger partial charge in [-0.1, -0.05) is 30.3 Å². The quantitative estimate of drug-likeness (QED) is 0.692. The maximum atomic E-state index is 13.5. The SMILES string of the molecule is COc1ccccc1N1CC(=O)N(c2ccccc2)[C@H](c2ccsc2)C1=O. The highest BCUT2D eigenvalue weighted by Gasteiger charge is 2.42. The molecule has 136 valence electrons. The molecule has 1 fully saturated rings. The second-order valence-electron chi connectivity index (χ2n) is 6.15. The Morgan fingerprint density at radius 3 is 2.44 bits per heavy atom. The third-order valence-electron chi connectivity index (χ3n) is 4.59. The van der Waals surface area contributed by atoms with Gasteiger partial charge >= 0.3 is 0 Å². The fourth-order valence-electron chi connectivity index (χ4n) is 3.35. The predicted octanol–water partition coefficient (Wildman–Crippen LogP) is 3.88. The molecule has 0 radical (unpaired) electrons. The van der Waals surface area contributed by atoms with Crippen LogP contribution >= 0.6 is 11.3 Å². The summed E-state index contributed by atoms with van der Waals surface area (Å²) in [6, 6.07) is 17.8. The fourth-order valence-corrected chi connectivity index (χ4v) is 4.03. The summed E-state index contributed by atoms with van der Waals surface area (Å²) in [5, 5.41) is 3.83. The number of piperazine rings is 1. The van der Waals surface area contributed by atoms with E-state index in [1.165, 1.54) is 16.2 Å². The number of anilines is 2. The normalized spacial score (nSPS) is 17.3. The highest BCUT2D eigenvalue weighted by atomic mass is 32.1. The number of ether oxygens (including phenoxy) is 1. The highest BCUT2D eigenvalue weighted by molar-refractivity contribution is 7.08. The molecule has 2 aromatic carbocycles. The molecular formula is C21H18N2O3S. The summed E-state index contributed by atoms with van der Waals surface area (Å²) in [5.41, 5.74) is 2.12. The van der Waals surface area contributed by atoms with Gasteiger partial charge in [-0.25, -0.2) is 0 Å². The number of rotatable bonds is 4. The van der Waals surface area contributed by atoms with Gasteiger partial charge in [0, 0.05) is 5.69 Å². The Kier molecular flexibility index (Phi) is 4.64. The van der Waals surface area contributed by atoms with E-state index in [4.69, 9.17) is 4.74 Å². The summed E-state index contributed by atoms with van der Waals surface area (Å²) < 4.78 is 5.40. The largest absolute Gasteiger partial charge is 0.495 e. The molecule has 1 aliphatic heterocycles. The van der Waals surface area contributed by atoms with Crippen LogP contribution < -0.4 is 14.5 Å². The van der Waals surface area contributed by atoms with Crippen molar-refractivity contribution in [1.29, 1.82) is 0 Å². The Hall–Kier alpha value is -3.12. The minimum atomic E-state index is -0.704. The van der Waals surface area contributed by atoms with Gasteiger partial charge in [0.05, 0.1) is 12.8 Å². The standard InChI is InChI=1S/C21H18N2O3S/c1-26-18-10-6-5-9-17(18)22-13-19(24)23(16-7-3-2-4-8-16)20(21(22)25)15-11-12-27-14-15/h2-12,14,20H,13H2,1H3/t20-/m1/s1. The highest BCUT2D eigenvalue weighted by Crippen LogP contribution is 2.37. The molecule has 0 bridgehead atoms. The lowest BCUT2D eigenvalue weighted by Crippen LogP contribution is -2.56. The number of benzene rings is 2. The minimum Gasteiger partial charge on any atom is -0.495 e. The van der Waals surface area contributed by atoms with Gasteiger partial charge in [-0.2, -0.15) is 11.3 Å². The molecule has 27 heavy (non-hydrogen) atoms. The van der Waals surface area contributed by atoms with Crippen molar-refractivity contribution in [2.24, 2.45) is 0 Å². The van der Waals surface area contributed by atoms with Gasteiger partial charge in [-0.15, -0.1) is 0 Å². The zero-order chi connectivity index (χ0) is 18.8. The number of para-hydroxylation sites is 3. The fraction of sp³-hybridized carbons (Fsp3) is 0.143. The second kappa shape index (κ2) is 7.25. The van der Waals surface area contributed by atoms with Gasteiger partial charge in [0.2, 0.25) is 5.91 Å². The lowest BCUT2D eigenvalue weighted by atomic mass is 10.0. The van der Waals surface area contributed by atoms with Crippen molar-refractivity contribution in [3.63, 3.8) is 0 Å². The summed E-state index contributed by atoms with van der Waals surface area (Å²) >= 11 is 1.51. The van der Waals surface area contributed by atoms with Crippen molar-refractivity contribution in [2.75, 3.05) is 23.5 Å². The Morgan fingerprint density at radius 1 is 1.00 bits per heavy atom.